The predicted octanol–water partition coefficient (Wildman–Crippen LogP) is 4.12. The van der Waals surface area contributed by atoms with Gasteiger partial charge in [0.1, 0.15) is 11.6 Å². The molecule has 0 aliphatic carbocycles. The van der Waals surface area contributed by atoms with Crippen LogP contribution in [0.4, 0.5) is 0 Å². The van der Waals surface area contributed by atoms with Gasteiger partial charge in [0.05, 0.1) is 0 Å². The first-order chi connectivity index (χ1) is 14.1. The number of piperidine rings is 1. The maximum Gasteiger partial charge on any atom is 0.253 e. The van der Waals surface area contributed by atoms with E-state index in [1.165, 1.54) is 24.8 Å². The van der Waals surface area contributed by atoms with E-state index in [-0.39, 0.29) is 11.8 Å². The highest BCUT2D eigenvalue weighted by atomic mass is 16.2. The summed E-state index contributed by atoms with van der Waals surface area (Å²) in [5.74, 6) is 2.63. The Morgan fingerprint density at radius 3 is 2.90 bits per heavy atom. The quantitative estimate of drug-likeness (QED) is 0.714. The lowest BCUT2D eigenvalue weighted by molar-refractivity contribution is 0.0703. The van der Waals surface area contributed by atoms with Gasteiger partial charge in [0.15, 0.2) is 0 Å². The molecule has 29 heavy (non-hydrogen) atoms. The number of amides is 1. The molecule has 0 bridgehead atoms. The molecule has 6 heteroatoms. The van der Waals surface area contributed by atoms with Crippen molar-refractivity contribution in [2.75, 3.05) is 13.1 Å². The van der Waals surface area contributed by atoms with Crippen molar-refractivity contribution in [3.63, 3.8) is 0 Å². The van der Waals surface area contributed by atoms with E-state index in [2.05, 4.69) is 33.6 Å². The molecule has 4 heterocycles. The smallest absolute Gasteiger partial charge is 0.253 e. The molecule has 1 fully saturated rings. The molecule has 0 spiro atoms. The minimum absolute atomic E-state index is 0.130. The summed E-state index contributed by atoms with van der Waals surface area (Å²) in [5.41, 5.74) is 4.26. The first-order valence-electron chi connectivity index (χ1n) is 10.9. The lowest BCUT2D eigenvalue weighted by atomic mass is 9.96. The van der Waals surface area contributed by atoms with Gasteiger partial charge in [-0.15, -0.1) is 10.2 Å². The molecule has 1 N–H and O–H groups in total. The van der Waals surface area contributed by atoms with Crippen LogP contribution in [0, 0.1) is 13.8 Å². The first-order valence-corrected chi connectivity index (χ1v) is 10.9. The van der Waals surface area contributed by atoms with Crippen LogP contribution in [0.1, 0.15) is 71.3 Å². The zero-order chi connectivity index (χ0) is 20.0. The Kier molecular flexibility index (Phi) is 4.64. The van der Waals surface area contributed by atoms with Crippen molar-refractivity contribution < 1.29 is 4.79 Å². The number of hydrogen-bond acceptors (Lipinski definition) is 3. The van der Waals surface area contributed by atoms with E-state index in [9.17, 15) is 4.79 Å². The second-order valence-corrected chi connectivity index (χ2v) is 8.66. The Morgan fingerprint density at radius 1 is 1.10 bits per heavy atom. The predicted molar refractivity (Wildman–Crippen MR) is 113 cm³/mol. The van der Waals surface area contributed by atoms with Crippen LogP contribution >= 0.6 is 0 Å². The zero-order valence-electron chi connectivity index (χ0n) is 17.4. The van der Waals surface area contributed by atoms with E-state index in [0.29, 0.717) is 0 Å². The fraction of sp³-hybridized carbons (Fsp3) is 0.522. The van der Waals surface area contributed by atoms with Gasteiger partial charge in [-0.3, -0.25) is 4.79 Å². The number of aromatic amines is 1. The maximum absolute atomic E-state index is 13.3. The van der Waals surface area contributed by atoms with E-state index in [1.807, 2.05) is 23.1 Å². The molecule has 2 aromatic heterocycles. The van der Waals surface area contributed by atoms with Crippen molar-refractivity contribution in [1.82, 2.24) is 24.6 Å². The van der Waals surface area contributed by atoms with Crippen molar-refractivity contribution in [3.05, 3.63) is 46.7 Å². The molecule has 1 saturated heterocycles. The van der Waals surface area contributed by atoms with Crippen molar-refractivity contribution in [2.45, 2.75) is 64.8 Å². The van der Waals surface area contributed by atoms with Gasteiger partial charge in [0.25, 0.3) is 5.91 Å². The number of nitrogens with one attached hydrogen (secondary N) is 1. The number of carbonyl (C=O) groups is 1. The van der Waals surface area contributed by atoms with Crippen LogP contribution in [-0.2, 0) is 13.0 Å². The Balaban J connectivity index is 1.39. The Morgan fingerprint density at radius 2 is 2.00 bits per heavy atom. The van der Waals surface area contributed by atoms with Gasteiger partial charge in [-0.25, -0.2) is 0 Å². The lowest BCUT2D eigenvalue weighted by Gasteiger charge is -2.32. The fourth-order valence-electron chi connectivity index (χ4n) is 4.96. The molecule has 1 unspecified atom stereocenters. The molecule has 6 nitrogen and oxygen atoms in total. The standard InChI is InChI=1S/C23H29N5O/c1-15-16(2)24-20-10-9-17(13-19(15)20)23(29)27-11-6-7-18(14-27)22-26-25-21-8-4-3-5-12-28(21)22/h9-10,13,18,24H,3-8,11-12,14H2,1-2H3. The highest BCUT2D eigenvalue weighted by Gasteiger charge is 2.30. The monoisotopic (exact) mass is 391 g/mol. The number of aromatic nitrogens is 4. The van der Waals surface area contributed by atoms with Crippen LogP contribution in [0.25, 0.3) is 10.9 Å². The van der Waals surface area contributed by atoms with E-state index in [4.69, 9.17) is 0 Å². The summed E-state index contributed by atoms with van der Waals surface area (Å²) in [6.07, 6.45) is 6.79. The minimum atomic E-state index is 0.130. The van der Waals surface area contributed by atoms with Gasteiger partial charge in [0.2, 0.25) is 0 Å². The maximum atomic E-state index is 13.3. The Hall–Kier alpha value is -2.63. The number of benzene rings is 1. The van der Waals surface area contributed by atoms with Gasteiger partial charge >= 0.3 is 0 Å². The van der Waals surface area contributed by atoms with E-state index < -0.39 is 0 Å². The molecule has 2 aliphatic heterocycles. The lowest BCUT2D eigenvalue weighted by Crippen LogP contribution is -2.39. The third kappa shape index (κ3) is 3.24. The molecule has 2 aliphatic rings. The number of hydrogen-bond donors (Lipinski definition) is 1. The molecular weight excluding hydrogens is 362 g/mol. The van der Waals surface area contributed by atoms with Crippen LogP contribution in [0.3, 0.4) is 0 Å². The van der Waals surface area contributed by atoms with Crippen LogP contribution < -0.4 is 0 Å². The summed E-state index contributed by atoms with van der Waals surface area (Å²) in [6, 6.07) is 6.03. The molecule has 0 saturated carbocycles. The zero-order valence-corrected chi connectivity index (χ0v) is 17.4. The van der Waals surface area contributed by atoms with Gasteiger partial charge in [-0.2, -0.15) is 0 Å². The molecule has 1 amide bonds. The average molecular weight is 392 g/mol. The summed E-state index contributed by atoms with van der Waals surface area (Å²) in [7, 11) is 0. The van der Waals surface area contributed by atoms with E-state index in [0.717, 1.165) is 72.7 Å². The summed E-state index contributed by atoms with van der Waals surface area (Å²) in [6.45, 7) is 6.76. The van der Waals surface area contributed by atoms with E-state index >= 15 is 0 Å². The number of H-pyrrole nitrogens is 1. The van der Waals surface area contributed by atoms with Crippen molar-refractivity contribution in [3.8, 4) is 0 Å². The molecule has 5 rings (SSSR count). The molecule has 3 aromatic rings. The van der Waals surface area contributed by atoms with Crippen molar-refractivity contribution in [1.29, 1.82) is 0 Å². The van der Waals surface area contributed by atoms with E-state index in [1.54, 1.807) is 0 Å². The molecule has 1 aromatic carbocycles. The van der Waals surface area contributed by atoms with Crippen LogP contribution in [0.2, 0.25) is 0 Å². The number of likely N-dealkylation sites (tertiary alicyclic amines) is 1. The first kappa shape index (κ1) is 18.4. The van der Waals surface area contributed by atoms with Crippen molar-refractivity contribution in [2.24, 2.45) is 0 Å². The highest BCUT2D eigenvalue weighted by Crippen LogP contribution is 2.29. The van der Waals surface area contributed by atoms with Gasteiger partial charge in [-0.1, -0.05) is 6.42 Å². The van der Waals surface area contributed by atoms with Gasteiger partial charge < -0.3 is 14.5 Å². The molecule has 152 valence electrons. The third-order valence-corrected chi connectivity index (χ3v) is 6.77. The van der Waals surface area contributed by atoms with Crippen LogP contribution in [0.5, 0.6) is 0 Å². The summed E-state index contributed by atoms with van der Waals surface area (Å²) in [4.78, 5) is 18.7. The van der Waals surface area contributed by atoms with Gasteiger partial charge in [0, 0.05) is 54.1 Å². The minimum Gasteiger partial charge on any atom is -0.358 e. The largest absolute Gasteiger partial charge is 0.358 e. The Bertz CT molecular complexity index is 1060. The second-order valence-electron chi connectivity index (χ2n) is 8.66. The highest BCUT2D eigenvalue weighted by molar-refractivity contribution is 5.99. The number of nitrogens with zero attached hydrogens (tertiary/aromatic N) is 4. The number of aryl methyl sites for hydroxylation is 3. The van der Waals surface area contributed by atoms with Gasteiger partial charge in [-0.05, 0) is 63.3 Å². The summed E-state index contributed by atoms with van der Waals surface area (Å²) in [5, 5.41) is 10.2. The third-order valence-electron chi connectivity index (χ3n) is 6.77. The number of fused-ring (bicyclic) bond motifs is 2. The summed E-state index contributed by atoms with van der Waals surface area (Å²) < 4.78 is 2.34. The second kappa shape index (κ2) is 7.32. The van der Waals surface area contributed by atoms with Crippen molar-refractivity contribution >= 4 is 16.8 Å². The number of rotatable bonds is 2. The molecule has 0 radical (unpaired) electrons. The van der Waals surface area contributed by atoms with Crippen LogP contribution in [-0.4, -0.2) is 43.6 Å². The molecule has 1 atom stereocenters. The molecular formula is C23H29N5O. The summed E-state index contributed by atoms with van der Waals surface area (Å²) >= 11 is 0. The van der Waals surface area contributed by atoms with Crippen LogP contribution in [0.15, 0.2) is 18.2 Å². The topological polar surface area (TPSA) is 66.8 Å². The number of carbonyl (C=O) groups excluding carboxylic acids is 1. The normalized spacial score (nSPS) is 19.9. The SMILES string of the molecule is Cc1[nH]c2ccc(C(=O)N3CCCC(c4nnc5n4CCCCC5)C3)cc2c1C. The Labute approximate surface area is 171 Å². The fourth-order valence-corrected chi connectivity index (χ4v) is 4.96. The average Bonchev–Trinajstić information content (AvgIpc) is 3.18.